The summed E-state index contributed by atoms with van der Waals surface area (Å²) < 4.78 is 0. The van der Waals surface area contributed by atoms with Crippen molar-refractivity contribution in [2.24, 2.45) is 0 Å². The highest BCUT2D eigenvalue weighted by atomic mass is 35.5. The average molecular weight is 312 g/mol. The summed E-state index contributed by atoms with van der Waals surface area (Å²) in [6.45, 7) is 8.42. The smallest absolute Gasteiger partial charge is 0.271 e. The van der Waals surface area contributed by atoms with Crippen molar-refractivity contribution in [2.75, 3.05) is 18.4 Å². The Kier molecular flexibility index (Phi) is 5.06. The molecule has 1 fully saturated rings. The van der Waals surface area contributed by atoms with Crippen LogP contribution in [0.25, 0.3) is 0 Å². The van der Waals surface area contributed by atoms with Gasteiger partial charge < -0.3 is 10.2 Å². The van der Waals surface area contributed by atoms with E-state index in [1.54, 1.807) is 6.07 Å². The van der Waals surface area contributed by atoms with Crippen molar-refractivity contribution in [3.8, 4) is 0 Å². The predicted molar refractivity (Wildman–Crippen MR) is 86.2 cm³/mol. The quantitative estimate of drug-likeness (QED) is 0.678. The molecule has 1 aromatic carbocycles. The number of nitrogens with one attached hydrogen (secondary N) is 1. The number of hydrogen-bond donors (Lipinski definition) is 1. The number of halogens is 1. The summed E-state index contributed by atoms with van der Waals surface area (Å²) >= 11 is 6.20. The van der Waals surface area contributed by atoms with Crippen LogP contribution in [-0.4, -0.2) is 35.0 Å². The van der Waals surface area contributed by atoms with E-state index in [1.165, 1.54) is 6.07 Å². The zero-order chi connectivity index (χ0) is 15.6. The molecule has 1 aromatic rings. The fourth-order valence-corrected chi connectivity index (χ4v) is 3.09. The first-order valence-corrected chi connectivity index (χ1v) is 7.71. The van der Waals surface area contributed by atoms with Gasteiger partial charge in [-0.25, -0.2) is 0 Å². The van der Waals surface area contributed by atoms with Gasteiger partial charge in [-0.15, -0.1) is 0 Å². The maximum atomic E-state index is 10.8. The van der Waals surface area contributed by atoms with E-state index in [2.05, 4.69) is 24.1 Å². The number of rotatable bonds is 4. The van der Waals surface area contributed by atoms with Crippen molar-refractivity contribution in [1.82, 2.24) is 4.90 Å². The molecule has 0 aromatic heterocycles. The third-order valence-corrected chi connectivity index (χ3v) is 4.39. The molecule has 0 amide bonds. The lowest BCUT2D eigenvalue weighted by molar-refractivity contribution is -0.384. The van der Waals surface area contributed by atoms with Crippen molar-refractivity contribution >= 4 is 23.0 Å². The fraction of sp³-hybridized carbons (Fsp3) is 0.600. The van der Waals surface area contributed by atoms with Crippen molar-refractivity contribution in [3.63, 3.8) is 0 Å². The summed E-state index contributed by atoms with van der Waals surface area (Å²) in [5.74, 6) is 0. The van der Waals surface area contributed by atoms with Crippen LogP contribution in [0.15, 0.2) is 12.1 Å². The Labute approximate surface area is 130 Å². The number of nitro groups is 1. The second-order valence-corrected chi connectivity index (χ2v) is 6.33. The van der Waals surface area contributed by atoms with Crippen LogP contribution in [-0.2, 0) is 0 Å². The van der Waals surface area contributed by atoms with Gasteiger partial charge in [0.15, 0.2) is 0 Å². The number of anilines is 1. The van der Waals surface area contributed by atoms with Crippen LogP contribution in [0.1, 0.15) is 32.3 Å². The van der Waals surface area contributed by atoms with Gasteiger partial charge >= 0.3 is 0 Å². The van der Waals surface area contributed by atoms with Crippen LogP contribution in [0.5, 0.6) is 0 Å². The summed E-state index contributed by atoms with van der Waals surface area (Å²) in [5, 5.41) is 14.7. The molecule has 1 aliphatic rings. The Morgan fingerprint density at radius 1 is 1.38 bits per heavy atom. The number of piperidine rings is 1. The zero-order valence-corrected chi connectivity index (χ0v) is 13.5. The minimum Gasteiger partial charge on any atom is -0.381 e. The zero-order valence-electron chi connectivity index (χ0n) is 12.7. The van der Waals surface area contributed by atoms with Crippen LogP contribution in [0.2, 0.25) is 5.02 Å². The number of benzene rings is 1. The third kappa shape index (κ3) is 3.86. The number of non-ortho nitro benzene ring substituents is 1. The molecule has 1 N–H and O–H groups in total. The van der Waals surface area contributed by atoms with Crippen LogP contribution in [0, 0.1) is 17.0 Å². The number of nitrogens with zero attached hydrogens (tertiary/aromatic N) is 2. The first kappa shape index (κ1) is 16.0. The van der Waals surface area contributed by atoms with E-state index in [4.69, 9.17) is 11.6 Å². The molecule has 0 radical (unpaired) electrons. The van der Waals surface area contributed by atoms with Gasteiger partial charge in [0.05, 0.1) is 15.6 Å². The molecule has 6 heteroatoms. The highest BCUT2D eigenvalue weighted by Crippen LogP contribution is 2.32. The Bertz CT molecular complexity index is 503. The lowest BCUT2D eigenvalue weighted by Gasteiger charge is -2.35. The predicted octanol–water partition coefficient (Wildman–Crippen LogP) is 3.84. The number of aryl methyl sites for hydroxylation is 1. The molecule has 21 heavy (non-hydrogen) atoms. The molecule has 1 aliphatic heterocycles. The van der Waals surface area contributed by atoms with Gasteiger partial charge in [0.1, 0.15) is 0 Å². The van der Waals surface area contributed by atoms with Crippen molar-refractivity contribution in [3.05, 3.63) is 32.8 Å². The molecule has 116 valence electrons. The molecular formula is C15H22ClN3O2. The Morgan fingerprint density at radius 3 is 2.48 bits per heavy atom. The summed E-state index contributed by atoms with van der Waals surface area (Å²) in [6.07, 6.45) is 2.12. The molecule has 0 atom stereocenters. The molecule has 0 spiro atoms. The third-order valence-electron chi connectivity index (χ3n) is 4.09. The number of hydrogen-bond acceptors (Lipinski definition) is 4. The molecule has 2 rings (SSSR count). The molecule has 0 bridgehead atoms. The van der Waals surface area contributed by atoms with Gasteiger partial charge in [-0.2, -0.15) is 0 Å². The van der Waals surface area contributed by atoms with Crippen LogP contribution in [0.3, 0.4) is 0 Å². The van der Waals surface area contributed by atoms with E-state index in [9.17, 15) is 10.1 Å². The van der Waals surface area contributed by atoms with Crippen molar-refractivity contribution in [2.45, 2.75) is 45.7 Å². The van der Waals surface area contributed by atoms with E-state index in [-0.39, 0.29) is 5.69 Å². The van der Waals surface area contributed by atoms with E-state index < -0.39 is 4.92 Å². The normalized spacial score (nSPS) is 17.2. The van der Waals surface area contributed by atoms with Gasteiger partial charge in [0, 0.05) is 37.3 Å². The Balaban J connectivity index is 2.06. The topological polar surface area (TPSA) is 58.4 Å². The first-order chi connectivity index (χ1) is 9.88. The van der Waals surface area contributed by atoms with E-state index >= 15 is 0 Å². The Morgan fingerprint density at radius 2 is 2.00 bits per heavy atom. The first-order valence-electron chi connectivity index (χ1n) is 7.33. The van der Waals surface area contributed by atoms with E-state index in [0.29, 0.717) is 17.1 Å². The summed E-state index contributed by atoms with van der Waals surface area (Å²) in [7, 11) is 0. The van der Waals surface area contributed by atoms with E-state index in [1.807, 2.05) is 6.92 Å². The SMILES string of the molecule is Cc1cc([N+](=O)[O-])cc(Cl)c1NC1CCN(C(C)C)CC1. The highest BCUT2D eigenvalue weighted by Gasteiger charge is 2.22. The highest BCUT2D eigenvalue weighted by molar-refractivity contribution is 6.33. The van der Waals surface area contributed by atoms with Gasteiger partial charge in [0.2, 0.25) is 0 Å². The minimum atomic E-state index is -0.413. The van der Waals surface area contributed by atoms with Gasteiger partial charge in [-0.05, 0) is 39.2 Å². The Hall–Kier alpha value is -1.33. The van der Waals surface area contributed by atoms with Crippen LogP contribution in [0.4, 0.5) is 11.4 Å². The largest absolute Gasteiger partial charge is 0.381 e. The van der Waals surface area contributed by atoms with Crippen molar-refractivity contribution < 1.29 is 4.92 Å². The molecule has 0 saturated carbocycles. The maximum absolute atomic E-state index is 10.8. The lowest BCUT2D eigenvalue weighted by atomic mass is 10.0. The molecule has 5 nitrogen and oxygen atoms in total. The van der Waals surface area contributed by atoms with Crippen molar-refractivity contribution in [1.29, 1.82) is 0 Å². The summed E-state index contributed by atoms with van der Waals surface area (Å²) in [4.78, 5) is 12.9. The second-order valence-electron chi connectivity index (χ2n) is 5.92. The van der Waals surface area contributed by atoms with Gasteiger partial charge in [-0.1, -0.05) is 11.6 Å². The van der Waals surface area contributed by atoms with Gasteiger partial charge in [0.25, 0.3) is 5.69 Å². The molecule has 1 heterocycles. The number of nitro benzene ring substituents is 1. The molecular weight excluding hydrogens is 290 g/mol. The standard InChI is InChI=1S/C15H22ClN3O2/c1-10(2)18-6-4-12(5-7-18)17-15-11(3)8-13(19(20)21)9-14(15)16/h8-10,12,17H,4-7H2,1-3H3. The monoisotopic (exact) mass is 311 g/mol. The van der Waals surface area contributed by atoms with Crippen LogP contribution < -0.4 is 5.32 Å². The minimum absolute atomic E-state index is 0.0395. The molecule has 1 saturated heterocycles. The maximum Gasteiger partial charge on any atom is 0.271 e. The summed E-state index contributed by atoms with van der Waals surface area (Å²) in [5.41, 5.74) is 1.68. The molecule has 0 aliphatic carbocycles. The van der Waals surface area contributed by atoms with E-state index in [0.717, 1.165) is 37.2 Å². The molecule has 0 unspecified atom stereocenters. The second kappa shape index (κ2) is 6.62. The summed E-state index contributed by atoms with van der Waals surface area (Å²) in [6, 6.07) is 3.94. The number of likely N-dealkylation sites (tertiary alicyclic amines) is 1. The fourth-order valence-electron chi connectivity index (χ4n) is 2.78. The van der Waals surface area contributed by atoms with Crippen LogP contribution >= 0.6 is 11.6 Å². The van der Waals surface area contributed by atoms with Gasteiger partial charge in [-0.3, -0.25) is 10.1 Å². The average Bonchev–Trinajstić information content (AvgIpc) is 2.43. The lowest BCUT2D eigenvalue weighted by Crippen LogP contribution is -2.42.